The van der Waals surface area contributed by atoms with Crippen LogP contribution in [0.2, 0.25) is 0 Å². The van der Waals surface area contributed by atoms with Crippen molar-refractivity contribution >= 4 is 49.5 Å². The highest BCUT2D eigenvalue weighted by atomic mass is 32.2. The van der Waals surface area contributed by atoms with E-state index in [4.69, 9.17) is 5.73 Å². The molecule has 0 aromatic carbocycles. The normalized spacial score (nSPS) is 18.0. The van der Waals surface area contributed by atoms with E-state index in [-0.39, 0.29) is 17.4 Å². The summed E-state index contributed by atoms with van der Waals surface area (Å²) in [6, 6.07) is 0. The maximum absolute atomic E-state index is 11.8. The van der Waals surface area contributed by atoms with E-state index in [0.717, 1.165) is 9.90 Å². The van der Waals surface area contributed by atoms with E-state index in [0.29, 0.717) is 23.7 Å². The van der Waals surface area contributed by atoms with Crippen LogP contribution in [0.25, 0.3) is 0 Å². The van der Waals surface area contributed by atoms with Crippen molar-refractivity contribution in [2.24, 2.45) is 0 Å². The first-order chi connectivity index (χ1) is 9.39. The minimum absolute atomic E-state index is 0.147. The molecule has 1 aliphatic heterocycles. The third-order valence-corrected chi connectivity index (χ3v) is 6.98. The van der Waals surface area contributed by atoms with E-state index in [2.05, 4.69) is 5.32 Å². The lowest BCUT2D eigenvalue weighted by atomic mass is 10.3. The predicted molar refractivity (Wildman–Crippen MR) is 84.8 cm³/mol. The number of thioether (sulfide) groups is 1. The van der Waals surface area contributed by atoms with Gasteiger partial charge in [0.1, 0.15) is 9.88 Å². The second-order valence-electron chi connectivity index (χ2n) is 4.40. The van der Waals surface area contributed by atoms with Gasteiger partial charge in [0.25, 0.3) is 5.91 Å². The topological polar surface area (TPSA) is 92.5 Å². The zero-order chi connectivity index (χ0) is 14.9. The van der Waals surface area contributed by atoms with E-state index in [9.17, 15) is 13.2 Å². The Morgan fingerprint density at radius 2 is 2.00 bits per heavy atom. The van der Waals surface area contributed by atoms with Gasteiger partial charge in [-0.3, -0.25) is 4.79 Å². The second-order valence-corrected chi connectivity index (χ2v) is 8.52. The number of nitrogen functional groups attached to an aromatic ring is 1. The number of sulfone groups is 1. The molecule has 0 saturated carbocycles. The lowest BCUT2D eigenvalue weighted by Gasteiger charge is -2.28. The van der Waals surface area contributed by atoms with Crippen molar-refractivity contribution in [3.63, 3.8) is 0 Å². The Bertz CT molecular complexity index is 610. The number of anilines is 2. The standard InChI is InChI=1S/C11H17N3O3S3/c1-13-10(15)8-7(12)9(18-2)11(19-8)14-3-5-20(16,17)6-4-14/h3-6,12H2,1-2H3,(H,13,15). The number of thiophene rings is 1. The van der Waals surface area contributed by atoms with Crippen molar-refractivity contribution in [2.75, 3.05) is 48.5 Å². The van der Waals surface area contributed by atoms with Crippen LogP contribution in [0.15, 0.2) is 4.90 Å². The van der Waals surface area contributed by atoms with Crippen LogP contribution in [0.5, 0.6) is 0 Å². The predicted octanol–water partition coefficient (Wildman–Crippen LogP) is 0.647. The van der Waals surface area contributed by atoms with Crippen LogP contribution in [-0.2, 0) is 9.84 Å². The van der Waals surface area contributed by atoms with Crippen molar-refractivity contribution < 1.29 is 13.2 Å². The monoisotopic (exact) mass is 335 g/mol. The number of carbonyl (C=O) groups excluding carboxylic acids is 1. The molecular weight excluding hydrogens is 318 g/mol. The quantitative estimate of drug-likeness (QED) is 0.788. The molecule has 1 amide bonds. The molecule has 0 unspecified atom stereocenters. The van der Waals surface area contributed by atoms with Crippen LogP contribution in [0.1, 0.15) is 9.67 Å². The Kier molecular flexibility index (Phi) is 4.50. The molecule has 1 aromatic heterocycles. The van der Waals surface area contributed by atoms with Gasteiger partial charge in [0.15, 0.2) is 9.84 Å². The number of nitrogens with zero attached hydrogens (tertiary/aromatic N) is 1. The average Bonchev–Trinajstić information content (AvgIpc) is 2.75. The van der Waals surface area contributed by atoms with E-state index in [1.807, 2.05) is 11.2 Å². The number of rotatable bonds is 3. The van der Waals surface area contributed by atoms with Crippen LogP contribution in [-0.4, -0.2) is 52.2 Å². The molecule has 0 bridgehead atoms. The Balaban J connectivity index is 2.35. The molecule has 1 fully saturated rings. The second kappa shape index (κ2) is 5.82. The molecule has 1 saturated heterocycles. The first-order valence-corrected chi connectivity index (χ1v) is 9.89. The molecule has 0 radical (unpaired) electrons. The summed E-state index contributed by atoms with van der Waals surface area (Å²) < 4.78 is 23.0. The highest BCUT2D eigenvalue weighted by Gasteiger charge is 2.28. The summed E-state index contributed by atoms with van der Waals surface area (Å²) in [6.07, 6.45) is 1.90. The maximum atomic E-state index is 11.8. The third-order valence-electron chi connectivity index (χ3n) is 3.15. The van der Waals surface area contributed by atoms with Gasteiger partial charge in [-0.25, -0.2) is 8.42 Å². The van der Waals surface area contributed by atoms with Gasteiger partial charge in [-0.05, 0) is 6.26 Å². The Hall–Kier alpha value is -0.930. The van der Waals surface area contributed by atoms with Crippen LogP contribution < -0.4 is 16.0 Å². The smallest absolute Gasteiger partial charge is 0.263 e. The number of hydrogen-bond donors (Lipinski definition) is 2. The fourth-order valence-corrected chi connectivity index (χ4v) is 5.40. The van der Waals surface area contributed by atoms with E-state index in [1.54, 1.807) is 7.05 Å². The van der Waals surface area contributed by atoms with Crippen molar-refractivity contribution in [3.05, 3.63) is 4.88 Å². The van der Waals surface area contributed by atoms with Gasteiger partial charge in [-0.15, -0.1) is 23.1 Å². The summed E-state index contributed by atoms with van der Waals surface area (Å²) in [5, 5.41) is 3.46. The van der Waals surface area contributed by atoms with E-state index in [1.165, 1.54) is 23.1 Å². The highest BCUT2D eigenvalue weighted by Crippen LogP contribution is 2.44. The molecule has 20 heavy (non-hydrogen) atoms. The molecule has 2 heterocycles. The summed E-state index contributed by atoms with van der Waals surface area (Å²) >= 11 is 2.80. The molecule has 6 nitrogen and oxygen atoms in total. The van der Waals surface area contributed by atoms with Crippen molar-refractivity contribution in [1.82, 2.24) is 5.32 Å². The first-order valence-electron chi connectivity index (χ1n) is 6.03. The van der Waals surface area contributed by atoms with Gasteiger partial charge in [-0.2, -0.15) is 0 Å². The number of nitrogens with two attached hydrogens (primary N) is 1. The summed E-state index contributed by atoms with van der Waals surface area (Å²) in [4.78, 5) is 15.1. The molecule has 3 N–H and O–H groups in total. The number of hydrogen-bond acceptors (Lipinski definition) is 7. The number of carbonyl (C=O) groups is 1. The van der Waals surface area contributed by atoms with Gasteiger partial charge >= 0.3 is 0 Å². The molecule has 1 aliphatic rings. The van der Waals surface area contributed by atoms with Crippen molar-refractivity contribution in [3.8, 4) is 0 Å². The van der Waals surface area contributed by atoms with E-state index < -0.39 is 9.84 Å². The SMILES string of the molecule is CNC(=O)c1sc(N2CCS(=O)(=O)CC2)c(SC)c1N. The van der Waals surface area contributed by atoms with Gasteiger partial charge in [0, 0.05) is 20.1 Å². The fraction of sp³-hybridized carbons (Fsp3) is 0.545. The van der Waals surface area contributed by atoms with Crippen LogP contribution in [0, 0.1) is 0 Å². The minimum atomic E-state index is -2.92. The van der Waals surface area contributed by atoms with Gasteiger partial charge in [0.2, 0.25) is 0 Å². The maximum Gasteiger partial charge on any atom is 0.263 e. The summed E-state index contributed by atoms with van der Waals surface area (Å²) in [6.45, 7) is 0.895. The lowest BCUT2D eigenvalue weighted by Crippen LogP contribution is -2.40. The molecule has 0 spiro atoms. The zero-order valence-corrected chi connectivity index (χ0v) is 13.8. The summed E-state index contributed by atoms with van der Waals surface area (Å²) in [7, 11) is -1.36. The molecule has 0 atom stereocenters. The largest absolute Gasteiger partial charge is 0.396 e. The summed E-state index contributed by atoms with van der Waals surface area (Å²) in [5.41, 5.74) is 6.51. The van der Waals surface area contributed by atoms with Crippen molar-refractivity contribution in [1.29, 1.82) is 0 Å². The Morgan fingerprint density at radius 1 is 1.40 bits per heavy atom. The van der Waals surface area contributed by atoms with Crippen molar-refractivity contribution in [2.45, 2.75) is 4.90 Å². The molecule has 1 aromatic rings. The zero-order valence-electron chi connectivity index (χ0n) is 11.3. The molecule has 2 rings (SSSR count). The third kappa shape index (κ3) is 2.89. The molecule has 112 valence electrons. The molecule has 0 aliphatic carbocycles. The summed E-state index contributed by atoms with van der Waals surface area (Å²) in [5.74, 6) is 0.0840. The minimum Gasteiger partial charge on any atom is -0.396 e. The van der Waals surface area contributed by atoms with E-state index >= 15 is 0 Å². The van der Waals surface area contributed by atoms with Crippen LogP contribution in [0.4, 0.5) is 10.7 Å². The first kappa shape index (κ1) is 15.5. The number of amides is 1. The van der Waals surface area contributed by atoms with Gasteiger partial charge < -0.3 is 16.0 Å². The van der Waals surface area contributed by atoms with Gasteiger partial charge in [-0.1, -0.05) is 0 Å². The fourth-order valence-electron chi connectivity index (χ4n) is 2.02. The van der Waals surface area contributed by atoms with Crippen LogP contribution in [0.3, 0.4) is 0 Å². The average molecular weight is 335 g/mol. The molecular formula is C11H17N3O3S3. The van der Waals surface area contributed by atoms with Crippen LogP contribution >= 0.6 is 23.1 Å². The Morgan fingerprint density at radius 3 is 2.50 bits per heavy atom. The number of nitrogens with one attached hydrogen (secondary N) is 1. The van der Waals surface area contributed by atoms with Gasteiger partial charge in [0.05, 0.1) is 22.1 Å². The highest BCUT2D eigenvalue weighted by molar-refractivity contribution is 7.99. The molecule has 9 heteroatoms. The lowest BCUT2D eigenvalue weighted by molar-refractivity contribution is 0.0968. The Labute approximate surface area is 126 Å².